The van der Waals surface area contributed by atoms with Gasteiger partial charge in [0.15, 0.2) is 0 Å². The summed E-state index contributed by atoms with van der Waals surface area (Å²) < 4.78 is 0. The molecule has 3 amide bonds. The number of carbonyl (C=O) groups excluding carboxylic acids is 2. The van der Waals surface area contributed by atoms with Crippen molar-refractivity contribution >= 4 is 23.5 Å². The third kappa shape index (κ3) is 7.21. The smallest absolute Gasteiger partial charge is 0.315 e. The number of halogens is 1. The molecule has 0 aliphatic heterocycles. The van der Waals surface area contributed by atoms with Crippen molar-refractivity contribution in [2.45, 2.75) is 57.5 Å². The van der Waals surface area contributed by atoms with Crippen molar-refractivity contribution in [1.82, 2.24) is 16.0 Å². The van der Waals surface area contributed by atoms with Gasteiger partial charge in [-0.1, -0.05) is 43.0 Å². The standard InChI is InChI=1S/C18H26ClN3O2/c19-15-7-4-6-14(12-15)13-21-17(23)10-5-11-20-18(24)22-16-8-2-1-3-9-16/h4,6-7,12,16H,1-3,5,8-11,13H2,(H,21,23)(H2,20,22,24). The number of hydrogen-bond donors (Lipinski definition) is 3. The maximum Gasteiger partial charge on any atom is 0.315 e. The van der Waals surface area contributed by atoms with Crippen molar-refractivity contribution in [1.29, 1.82) is 0 Å². The normalized spacial score (nSPS) is 14.9. The lowest BCUT2D eigenvalue weighted by Crippen LogP contribution is -2.43. The van der Waals surface area contributed by atoms with Gasteiger partial charge in [-0.25, -0.2) is 4.79 Å². The van der Waals surface area contributed by atoms with E-state index < -0.39 is 0 Å². The number of carbonyl (C=O) groups is 2. The molecule has 6 heteroatoms. The summed E-state index contributed by atoms with van der Waals surface area (Å²) in [7, 11) is 0. The van der Waals surface area contributed by atoms with Crippen molar-refractivity contribution in [3.8, 4) is 0 Å². The van der Waals surface area contributed by atoms with E-state index in [0.717, 1.165) is 18.4 Å². The largest absolute Gasteiger partial charge is 0.352 e. The zero-order valence-electron chi connectivity index (χ0n) is 13.9. The molecular weight excluding hydrogens is 326 g/mol. The third-order valence-corrected chi connectivity index (χ3v) is 4.42. The van der Waals surface area contributed by atoms with Gasteiger partial charge in [-0.15, -0.1) is 0 Å². The second-order valence-electron chi connectivity index (χ2n) is 6.25. The van der Waals surface area contributed by atoms with Crippen molar-refractivity contribution in [3.05, 3.63) is 34.9 Å². The van der Waals surface area contributed by atoms with Crippen LogP contribution in [0.25, 0.3) is 0 Å². The topological polar surface area (TPSA) is 70.2 Å². The Morgan fingerprint density at radius 3 is 2.67 bits per heavy atom. The molecule has 0 unspecified atom stereocenters. The Bertz CT molecular complexity index is 545. The minimum Gasteiger partial charge on any atom is -0.352 e. The minimum atomic E-state index is -0.124. The quantitative estimate of drug-likeness (QED) is 0.659. The van der Waals surface area contributed by atoms with E-state index >= 15 is 0 Å². The summed E-state index contributed by atoms with van der Waals surface area (Å²) in [5.74, 6) is -0.0236. The molecule has 1 aromatic rings. The van der Waals surface area contributed by atoms with Gasteiger partial charge in [0.1, 0.15) is 0 Å². The highest BCUT2D eigenvalue weighted by molar-refractivity contribution is 6.30. The summed E-state index contributed by atoms with van der Waals surface area (Å²) in [4.78, 5) is 23.6. The molecule has 1 fully saturated rings. The number of rotatable bonds is 7. The van der Waals surface area contributed by atoms with Gasteiger partial charge in [0.05, 0.1) is 0 Å². The molecule has 0 saturated heterocycles. The van der Waals surface area contributed by atoms with Crippen molar-refractivity contribution in [2.75, 3.05) is 6.54 Å². The molecule has 1 aliphatic rings. The lowest BCUT2D eigenvalue weighted by Gasteiger charge is -2.22. The van der Waals surface area contributed by atoms with Crippen LogP contribution in [-0.2, 0) is 11.3 Å². The lowest BCUT2D eigenvalue weighted by molar-refractivity contribution is -0.121. The van der Waals surface area contributed by atoms with E-state index in [-0.39, 0.29) is 11.9 Å². The zero-order valence-corrected chi connectivity index (χ0v) is 14.7. The highest BCUT2D eigenvalue weighted by atomic mass is 35.5. The third-order valence-electron chi connectivity index (χ3n) is 4.19. The van der Waals surface area contributed by atoms with Crippen LogP contribution in [0, 0.1) is 0 Å². The molecular formula is C18H26ClN3O2. The van der Waals surface area contributed by atoms with Crippen LogP contribution in [0.15, 0.2) is 24.3 Å². The van der Waals surface area contributed by atoms with E-state index in [4.69, 9.17) is 11.6 Å². The van der Waals surface area contributed by atoms with Crippen LogP contribution < -0.4 is 16.0 Å². The molecule has 1 saturated carbocycles. The molecule has 1 aliphatic carbocycles. The van der Waals surface area contributed by atoms with Gasteiger partial charge in [0.2, 0.25) is 5.91 Å². The number of amides is 3. The molecule has 0 radical (unpaired) electrons. The Hall–Kier alpha value is -1.75. The number of hydrogen-bond acceptors (Lipinski definition) is 2. The maximum absolute atomic E-state index is 11.8. The first kappa shape index (κ1) is 18.6. The average Bonchev–Trinajstić information content (AvgIpc) is 2.58. The van der Waals surface area contributed by atoms with E-state index in [1.54, 1.807) is 6.07 Å². The van der Waals surface area contributed by atoms with Crippen LogP contribution in [0.3, 0.4) is 0 Å². The van der Waals surface area contributed by atoms with Crippen molar-refractivity contribution in [2.24, 2.45) is 0 Å². The second-order valence-corrected chi connectivity index (χ2v) is 6.68. The Morgan fingerprint density at radius 2 is 1.92 bits per heavy atom. The molecule has 0 bridgehead atoms. The summed E-state index contributed by atoms with van der Waals surface area (Å²) in [6.07, 6.45) is 6.81. The predicted molar refractivity (Wildman–Crippen MR) is 95.9 cm³/mol. The van der Waals surface area contributed by atoms with Crippen LogP contribution in [0.1, 0.15) is 50.5 Å². The van der Waals surface area contributed by atoms with E-state index in [1.807, 2.05) is 18.2 Å². The Labute approximate surface area is 148 Å². The van der Waals surface area contributed by atoms with E-state index in [1.165, 1.54) is 19.3 Å². The fraction of sp³-hybridized carbons (Fsp3) is 0.556. The van der Waals surface area contributed by atoms with Crippen LogP contribution in [0.4, 0.5) is 4.79 Å². The monoisotopic (exact) mass is 351 g/mol. The highest BCUT2D eigenvalue weighted by Crippen LogP contribution is 2.17. The van der Waals surface area contributed by atoms with Crippen molar-refractivity contribution in [3.63, 3.8) is 0 Å². The van der Waals surface area contributed by atoms with E-state index in [0.29, 0.717) is 37.0 Å². The average molecular weight is 352 g/mol. The molecule has 132 valence electrons. The zero-order chi connectivity index (χ0) is 17.2. The SMILES string of the molecule is O=C(CCCNC(=O)NC1CCCCC1)NCc1cccc(Cl)c1. The number of benzene rings is 1. The second kappa shape index (κ2) is 10.2. The van der Waals surface area contributed by atoms with Crippen LogP contribution in [-0.4, -0.2) is 24.5 Å². The molecule has 1 aromatic carbocycles. The maximum atomic E-state index is 11.8. The fourth-order valence-electron chi connectivity index (χ4n) is 2.87. The van der Waals surface area contributed by atoms with Gasteiger partial charge in [-0.2, -0.15) is 0 Å². The van der Waals surface area contributed by atoms with Crippen molar-refractivity contribution < 1.29 is 9.59 Å². The summed E-state index contributed by atoms with van der Waals surface area (Å²) in [5, 5.41) is 9.33. The molecule has 0 aromatic heterocycles. The van der Waals surface area contributed by atoms with E-state index in [2.05, 4.69) is 16.0 Å². The summed E-state index contributed by atoms with van der Waals surface area (Å²) >= 11 is 5.90. The summed E-state index contributed by atoms with van der Waals surface area (Å²) in [6.45, 7) is 0.970. The molecule has 0 spiro atoms. The minimum absolute atomic E-state index is 0.0236. The van der Waals surface area contributed by atoms with E-state index in [9.17, 15) is 9.59 Å². The lowest BCUT2D eigenvalue weighted by atomic mass is 9.96. The predicted octanol–water partition coefficient (Wildman–Crippen LogP) is 3.37. The van der Waals surface area contributed by atoms with Gasteiger partial charge < -0.3 is 16.0 Å². The molecule has 24 heavy (non-hydrogen) atoms. The number of nitrogens with one attached hydrogen (secondary N) is 3. The van der Waals surface area contributed by atoms with Gasteiger partial charge in [0.25, 0.3) is 0 Å². The molecule has 2 rings (SSSR count). The molecule has 3 N–H and O–H groups in total. The first-order valence-electron chi connectivity index (χ1n) is 8.69. The Morgan fingerprint density at radius 1 is 1.12 bits per heavy atom. The van der Waals surface area contributed by atoms with Crippen LogP contribution in [0.2, 0.25) is 5.02 Å². The van der Waals surface area contributed by atoms with Crippen LogP contribution >= 0.6 is 11.6 Å². The first-order valence-corrected chi connectivity index (χ1v) is 9.07. The summed E-state index contributed by atoms with van der Waals surface area (Å²) in [5.41, 5.74) is 0.973. The van der Waals surface area contributed by atoms with Gasteiger partial charge >= 0.3 is 6.03 Å². The first-order chi connectivity index (χ1) is 11.6. The Balaban J connectivity index is 1.53. The van der Waals surface area contributed by atoms with Gasteiger partial charge in [0, 0.05) is 30.6 Å². The number of urea groups is 1. The Kier molecular flexibility index (Phi) is 7.89. The summed E-state index contributed by atoms with van der Waals surface area (Å²) in [6, 6.07) is 7.60. The molecule has 0 heterocycles. The van der Waals surface area contributed by atoms with Crippen LogP contribution in [0.5, 0.6) is 0 Å². The fourth-order valence-corrected chi connectivity index (χ4v) is 3.08. The van der Waals surface area contributed by atoms with Gasteiger partial charge in [-0.05, 0) is 37.0 Å². The van der Waals surface area contributed by atoms with Gasteiger partial charge in [-0.3, -0.25) is 4.79 Å². The molecule has 5 nitrogen and oxygen atoms in total. The molecule has 0 atom stereocenters. The highest BCUT2D eigenvalue weighted by Gasteiger charge is 2.15.